The van der Waals surface area contributed by atoms with Crippen LogP contribution in [0.5, 0.6) is 0 Å². The SMILES string of the molecule is Cc1nc(N2CC[NH+](Cc3cc(C)on3)CC2)c2c3c(sc2n1)CCC3. The van der Waals surface area contributed by atoms with E-state index < -0.39 is 0 Å². The summed E-state index contributed by atoms with van der Waals surface area (Å²) >= 11 is 1.88. The molecule has 1 N–H and O–H groups in total. The summed E-state index contributed by atoms with van der Waals surface area (Å²) in [4.78, 5) is 16.3. The Kier molecular flexibility index (Phi) is 3.94. The van der Waals surface area contributed by atoms with Crippen LogP contribution >= 0.6 is 11.3 Å². The first-order valence-electron chi connectivity index (χ1n) is 9.47. The summed E-state index contributed by atoms with van der Waals surface area (Å²) in [5.41, 5.74) is 2.58. The maximum Gasteiger partial charge on any atom is 0.141 e. The Hall–Kier alpha value is -1.99. The number of nitrogens with one attached hydrogen (secondary N) is 1. The summed E-state index contributed by atoms with van der Waals surface area (Å²) in [6.07, 6.45) is 3.68. The minimum atomic E-state index is 0.889. The molecule has 1 saturated heterocycles. The molecule has 0 bridgehead atoms. The van der Waals surface area contributed by atoms with E-state index in [4.69, 9.17) is 14.5 Å². The van der Waals surface area contributed by atoms with Gasteiger partial charge in [0.1, 0.15) is 34.5 Å². The first-order chi connectivity index (χ1) is 12.7. The summed E-state index contributed by atoms with van der Waals surface area (Å²) in [5.74, 6) is 2.95. The lowest BCUT2D eigenvalue weighted by molar-refractivity contribution is -0.914. The van der Waals surface area contributed by atoms with Gasteiger partial charge in [-0.3, -0.25) is 0 Å². The van der Waals surface area contributed by atoms with E-state index in [1.807, 2.05) is 31.3 Å². The summed E-state index contributed by atoms with van der Waals surface area (Å²) in [7, 11) is 0. The quantitative estimate of drug-likeness (QED) is 0.760. The Balaban J connectivity index is 1.38. The molecule has 2 aliphatic rings. The van der Waals surface area contributed by atoms with E-state index in [-0.39, 0.29) is 0 Å². The number of aromatic nitrogens is 3. The largest absolute Gasteiger partial charge is 0.361 e. The van der Waals surface area contributed by atoms with Gasteiger partial charge in [-0.05, 0) is 38.7 Å². The number of thiophene rings is 1. The number of rotatable bonds is 3. The van der Waals surface area contributed by atoms with Crippen LogP contribution < -0.4 is 9.80 Å². The number of aryl methyl sites for hydroxylation is 4. The summed E-state index contributed by atoms with van der Waals surface area (Å²) < 4.78 is 5.20. The molecule has 1 aliphatic heterocycles. The molecule has 136 valence electrons. The molecule has 0 atom stereocenters. The first kappa shape index (κ1) is 16.2. The van der Waals surface area contributed by atoms with Gasteiger partial charge in [0.15, 0.2) is 0 Å². The maximum atomic E-state index is 5.20. The molecule has 0 radical (unpaired) electrons. The minimum absolute atomic E-state index is 0.889. The van der Waals surface area contributed by atoms with Crippen LogP contribution in [0.2, 0.25) is 0 Å². The highest BCUT2D eigenvalue weighted by Gasteiger charge is 2.27. The second kappa shape index (κ2) is 6.32. The standard InChI is InChI=1S/C19H23N5OS/c1-12-10-14(22-25-12)11-23-6-8-24(9-7-23)18-17-15-4-3-5-16(15)26-19(17)21-13(2)20-18/h10H,3-9,11H2,1-2H3/p+1. The second-order valence-electron chi connectivity index (χ2n) is 7.47. The fourth-order valence-electron chi connectivity index (χ4n) is 4.28. The zero-order valence-electron chi connectivity index (χ0n) is 15.3. The van der Waals surface area contributed by atoms with Gasteiger partial charge in [0, 0.05) is 10.9 Å². The molecule has 0 saturated carbocycles. The molecule has 5 rings (SSSR count). The van der Waals surface area contributed by atoms with Crippen LogP contribution in [0.25, 0.3) is 10.2 Å². The lowest BCUT2D eigenvalue weighted by atomic mass is 10.1. The highest BCUT2D eigenvalue weighted by molar-refractivity contribution is 7.19. The van der Waals surface area contributed by atoms with E-state index in [2.05, 4.69) is 10.1 Å². The van der Waals surface area contributed by atoms with Gasteiger partial charge < -0.3 is 14.3 Å². The van der Waals surface area contributed by atoms with E-state index in [1.54, 1.807) is 4.90 Å². The van der Waals surface area contributed by atoms with Crippen LogP contribution in [0.3, 0.4) is 0 Å². The van der Waals surface area contributed by atoms with Gasteiger partial charge in [0.05, 0.1) is 31.6 Å². The molecule has 1 fully saturated rings. The molecular weight excluding hydrogens is 346 g/mol. The summed E-state index contributed by atoms with van der Waals surface area (Å²) in [6, 6.07) is 2.05. The number of hydrogen-bond acceptors (Lipinski definition) is 6. The number of quaternary nitrogens is 1. The Morgan fingerprint density at radius 3 is 2.81 bits per heavy atom. The topological polar surface area (TPSA) is 59.5 Å². The number of piperazine rings is 1. The highest BCUT2D eigenvalue weighted by Crippen LogP contribution is 2.40. The van der Waals surface area contributed by atoms with Crippen molar-refractivity contribution in [3.63, 3.8) is 0 Å². The maximum absolute atomic E-state index is 5.20. The van der Waals surface area contributed by atoms with Crippen molar-refractivity contribution >= 4 is 27.4 Å². The molecule has 0 amide bonds. The van der Waals surface area contributed by atoms with Gasteiger partial charge in [0.25, 0.3) is 0 Å². The molecule has 1 aliphatic carbocycles. The van der Waals surface area contributed by atoms with Crippen LogP contribution in [0, 0.1) is 13.8 Å². The average Bonchev–Trinajstić information content (AvgIpc) is 3.31. The van der Waals surface area contributed by atoms with Gasteiger partial charge in [-0.15, -0.1) is 11.3 Å². The number of anilines is 1. The zero-order valence-corrected chi connectivity index (χ0v) is 16.2. The zero-order chi connectivity index (χ0) is 17.7. The predicted octanol–water partition coefficient (Wildman–Crippen LogP) is 1.69. The lowest BCUT2D eigenvalue weighted by Gasteiger charge is -2.33. The third-order valence-electron chi connectivity index (χ3n) is 5.54. The van der Waals surface area contributed by atoms with Crippen molar-refractivity contribution < 1.29 is 9.42 Å². The van der Waals surface area contributed by atoms with E-state index in [9.17, 15) is 0 Å². The van der Waals surface area contributed by atoms with E-state index in [1.165, 1.54) is 45.7 Å². The Morgan fingerprint density at radius 2 is 2.04 bits per heavy atom. The first-order valence-corrected chi connectivity index (χ1v) is 10.3. The molecule has 26 heavy (non-hydrogen) atoms. The monoisotopic (exact) mass is 370 g/mol. The van der Waals surface area contributed by atoms with Crippen LogP contribution in [0.15, 0.2) is 10.6 Å². The van der Waals surface area contributed by atoms with Crippen LogP contribution in [-0.2, 0) is 19.4 Å². The van der Waals surface area contributed by atoms with Crippen LogP contribution in [-0.4, -0.2) is 41.3 Å². The van der Waals surface area contributed by atoms with E-state index in [0.29, 0.717) is 0 Å². The van der Waals surface area contributed by atoms with Crippen molar-refractivity contribution in [1.29, 1.82) is 0 Å². The van der Waals surface area contributed by atoms with Gasteiger partial charge in [-0.1, -0.05) is 5.16 Å². The van der Waals surface area contributed by atoms with Crippen molar-refractivity contribution in [2.24, 2.45) is 0 Å². The normalized spacial score (nSPS) is 18.0. The molecule has 7 heteroatoms. The van der Waals surface area contributed by atoms with Crippen LogP contribution in [0.4, 0.5) is 5.82 Å². The summed E-state index contributed by atoms with van der Waals surface area (Å²) in [5, 5.41) is 5.48. The predicted molar refractivity (Wildman–Crippen MR) is 102 cm³/mol. The van der Waals surface area contributed by atoms with Gasteiger partial charge in [0.2, 0.25) is 0 Å². The third kappa shape index (κ3) is 2.79. The Labute approximate surface area is 156 Å². The fraction of sp³-hybridized carbons (Fsp3) is 0.526. The second-order valence-corrected chi connectivity index (χ2v) is 8.56. The van der Waals surface area contributed by atoms with Gasteiger partial charge in [-0.2, -0.15) is 0 Å². The molecule has 0 unspecified atom stereocenters. The molecule has 0 spiro atoms. The number of fused-ring (bicyclic) bond motifs is 3. The minimum Gasteiger partial charge on any atom is -0.361 e. The Morgan fingerprint density at radius 1 is 1.19 bits per heavy atom. The van der Waals surface area contributed by atoms with Crippen molar-refractivity contribution in [1.82, 2.24) is 15.1 Å². The van der Waals surface area contributed by atoms with Crippen molar-refractivity contribution in [2.45, 2.75) is 39.7 Å². The van der Waals surface area contributed by atoms with Crippen molar-refractivity contribution in [3.05, 3.63) is 33.8 Å². The smallest absolute Gasteiger partial charge is 0.141 e. The molecule has 0 aromatic carbocycles. The number of nitrogens with zero attached hydrogens (tertiary/aromatic N) is 4. The third-order valence-corrected chi connectivity index (χ3v) is 6.72. The average molecular weight is 371 g/mol. The molecule has 3 aromatic heterocycles. The number of hydrogen-bond donors (Lipinski definition) is 1. The van der Waals surface area contributed by atoms with E-state index in [0.717, 1.165) is 50.0 Å². The molecule has 4 heterocycles. The molecule has 6 nitrogen and oxygen atoms in total. The van der Waals surface area contributed by atoms with Crippen LogP contribution in [0.1, 0.15) is 34.1 Å². The van der Waals surface area contributed by atoms with Crippen molar-refractivity contribution in [2.75, 3.05) is 31.1 Å². The molecular formula is C19H24N5OS+. The fourth-order valence-corrected chi connectivity index (χ4v) is 5.58. The van der Waals surface area contributed by atoms with Crippen molar-refractivity contribution in [3.8, 4) is 0 Å². The highest BCUT2D eigenvalue weighted by atomic mass is 32.1. The summed E-state index contributed by atoms with van der Waals surface area (Å²) in [6.45, 7) is 9.17. The van der Waals surface area contributed by atoms with E-state index >= 15 is 0 Å². The Bertz CT molecular complexity index is 954. The molecule has 3 aromatic rings. The van der Waals surface area contributed by atoms with Gasteiger partial charge in [-0.25, -0.2) is 9.97 Å². The lowest BCUT2D eigenvalue weighted by Crippen LogP contribution is -3.13. The van der Waals surface area contributed by atoms with Gasteiger partial charge >= 0.3 is 0 Å².